The second-order valence-electron chi connectivity index (χ2n) is 19.4. The summed E-state index contributed by atoms with van der Waals surface area (Å²) in [6, 6.07) is 25.7. The summed E-state index contributed by atoms with van der Waals surface area (Å²) in [5.74, 6) is 1.08. The van der Waals surface area contributed by atoms with E-state index in [9.17, 15) is 24.9 Å². The number of rotatable bonds is 16. The van der Waals surface area contributed by atoms with E-state index < -0.39 is 11.4 Å². The zero-order valence-electron chi connectivity index (χ0n) is 36.9. The number of allylic oxidation sites excluding steroid dienone is 5. The number of carbonyl (C=O) groups excluding carboxylic acids is 2. The molecule has 8 unspecified atom stereocenters. The summed E-state index contributed by atoms with van der Waals surface area (Å²) in [7, 11) is 0. The molecular weight excluding hydrogens is 789 g/mol. The van der Waals surface area contributed by atoms with E-state index in [1.165, 1.54) is 6.42 Å². The zero-order chi connectivity index (χ0) is 43.7. The molecule has 1 saturated carbocycles. The highest BCUT2D eigenvalue weighted by atomic mass is 16.6. The van der Waals surface area contributed by atoms with E-state index >= 15 is 0 Å². The topological polar surface area (TPSA) is 137 Å². The van der Waals surface area contributed by atoms with Crippen molar-refractivity contribution in [2.45, 2.75) is 90.6 Å². The van der Waals surface area contributed by atoms with Crippen LogP contribution in [0.15, 0.2) is 119 Å². The van der Waals surface area contributed by atoms with Crippen molar-refractivity contribution < 1.29 is 34.4 Å². The smallest absolute Gasteiger partial charge is 0.340 e. The van der Waals surface area contributed by atoms with E-state index in [1.54, 1.807) is 12.1 Å². The van der Waals surface area contributed by atoms with Crippen LogP contribution in [0.5, 0.6) is 5.75 Å². The lowest BCUT2D eigenvalue weighted by molar-refractivity contribution is -0.135. The van der Waals surface area contributed by atoms with Gasteiger partial charge in [0.1, 0.15) is 17.3 Å². The summed E-state index contributed by atoms with van der Waals surface area (Å²) in [5, 5.41) is 39.5. The number of aliphatic hydroxyl groups is 2. The van der Waals surface area contributed by atoms with Crippen LogP contribution in [-0.2, 0) is 25.5 Å². The minimum absolute atomic E-state index is 0.0161. The molecule has 3 aliphatic heterocycles. The molecule has 332 valence electrons. The first-order chi connectivity index (χ1) is 30.7. The van der Waals surface area contributed by atoms with Gasteiger partial charge in [0.15, 0.2) is 0 Å². The van der Waals surface area contributed by atoms with Gasteiger partial charge in [-0.3, -0.25) is 0 Å². The molecule has 3 heterocycles. The third kappa shape index (κ3) is 8.38. The Morgan fingerprint density at radius 3 is 2.46 bits per heavy atom. The molecule has 2 bridgehead atoms. The van der Waals surface area contributed by atoms with Crippen molar-refractivity contribution in [3.8, 4) is 16.9 Å². The quantitative estimate of drug-likeness (QED) is 0.0707. The fraction of sp³-hybridized carbons (Fsp3) is 0.481. The molecule has 7 aliphatic rings. The van der Waals surface area contributed by atoms with Gasteiger partial charge in [-0.05, 0) is 171 Å². The number of benzene rings is 3. The van der Waals surface area contributed by atoms with Gasteiger partial charge in [-0.25, -0.2) is 9.59 Å². The first-order valence-corrected chi connectivity index (χ1v) is 23.7. The maximum atomic E-state index is 14.8. The maximum Gasteiger partial charge on any atom is 0.340 e. The van der Waals surface area contributed by atoms with Crippen molar-refractivity contribution >= 4 is 17.5 Å². The van der Waals surface area contributed by atoms with Crippen molar-refractivity contribution in [3.63, 3.8) is 0 Å². The lowest BCUT2D eigenvalue weighted by atomic mass is 9.44. The van der Waals surface area contributed by atoms with Crippen LogP contribution in [0.25, 0.3) is 16.7 Å². The number of cyclic esters (lactones) is 2. The molecular formula is C54H64N2O7. The summed E-state index contributed by atoms with van der Waals surface area (Å²) in [6.45, 7) is 6.42. The average Bonchev–Trinajstić information content (AvgIpc) is 3.78. The van der Waals surface area contributed by atoms with Crippen LogP contribution >= 0.6 is 0 Å². The average molecular weight is 853 g/mol. The monoisotopic (exact) mass is 852 g/mol. The molecule has 9 nitrogen and oxygen atoms in total. The van der Waals surface area contributed by atoms with Crippen molar-refractivity contribution in [2.75, 3.05) is 26.3 Å². The Bertz CT molecular complexity index is 2300. The predicted octanol–water partition coefficient (Wildman–Crippen LogP) is 9.02. The Labute approximate surface area is 372 Å². The largest absolute Gasteiger partial charge is 0.508 e. The number of phenols is 1. The molecule has 3 aromatic rings. The van der Waals surface area contributed by atoms with Crippen molar-refractivity contribution in [1.29, 1.82) is 0 Å². The predicted molar refractivity (Wildman–Crippen MR) is 244 cm³/mol. The molecule has 0 radical (unpaired) electrons. The zero-order valence-corrected chi connectivity index (χ0v) is 36.9. The third-order valence-electron chi connectivity index (χ3n) is 15.2. The molecule has 9 heteroatoms. The molecule has 63 heavy (non-hydrogen) atoms. The number of aromatic hydroxyl groups is 1. The van der Waals surface area contributed by atoms with E-state index in [2.05, 4.69) is 60.9 Å². The molecule has 5 N–H and O–H groups in total. The van der Waals surface area contributed by atoms with Gasteiger partial charge in [-0.1, -0.05) is 80.6 Å². The Kier molecular flexibility index (Phi) is 12.9. The molecule has 4 aliphatic carbocycles. The number of phenolic OH excluding ortho intramolecular Hbond substituents is 1. The number of nitrogens with one attached hydrogen (secondary N) is 2. The fourth-order valence-electron chi connectivity index (χ4n) is 12.4. The normalized spacial score (nSPS) is 28.6. The number of carbonyl (C=O) groups is 2. The molecule has 0 aromatic heterocycles. The van der Waals surface area contributed by atoms with Gasteiger partial charge in [-0.2, -0.15) is 0 Å². The summed E-state index contributed by atoms with van der Waals surface area (Å²) < 4.78 is 12.8. The van der Waals surface area contributed by atoms with Crippen LogP contribution < -0.4 is 10.6 Å². The number of aliphatic hydroxyl groups excluding tert-OH is 2. The van der Waals surface area contributed by atoms with Gasteiger partial charge in [0.05, 0.1) is 17.2 Å². The first kappa shape index (κ1) is 43.5. The van der Waals surface area contributed by atoms with Crippen LogP contribution in [0.3, 0.4) is 0 Å². The molecule has 1 spiro atoms. The lowest BCUT2D eigenvalue weighted by Gasteiger charge is -2.56. The summed E-state index contributed by atoms with van der Waals surface area (Å²) >= 11 is 0. The third-order valence-corrected chi connectivity index (χ3v) is 15.2. The molecule has 8 atom stereocenters. The van der Waals surface area contributed by atoms with E-state index in [4.69, 9.17) is 9.47 Å². The van der Waals surface area contributed by atoms with Crippen molar-refractivity contribution in [3.05, 3.63) is 130 Å². The van der Waals surface area contributed by atoms with Crippen LogP contribution in [0.4, 0.5) is 0 Å². The van der Waals surface area contributed by atoms with E-state index in [0.29, 0.717) is 66.6 Å². The highest BCUT2D eigenvalue weighted by molar-refractivity contribution is 6.07. The van der Waals surface area contributed by atoms with Crippen molar-refractivity contribution in [2.24, 2.45) is 46.8 Å². The van der Waals surface area contributed by atoms with Crippen LogP contribution in [0, 0.1) is 46.8 Å². The molecule has 3 aromatic carbocycles. The lowest BCUT2D eigenvalue weighted by Crippen LogP contribution is -2.52. The van der Waals surface area contributed by atoms with Gasteiger partial charge in [0, 0.05) is 30.3 Å². The first-order valence-electron chi connectivity index (χ1n) is 23.7. The number of hydrogen-bond acceptors (Lipinski definition) is 9. The van der Waals surface area contributed by atoms with Gasteiger partial charge in [0.25, 0.3) is 0 Å². The number of esters is 2. The maximum absolute atomic E-state index is 14.8. The van der Waals surface area contributed by atoms with Gasteiger partial charge < -0.3 is 35.4 Å². The SMILES string of the molecule is CC(C)CCCNC1CC(C(CO)CC=C2OC(=O)C3=C2CCC2C4CCC5(C(=CC(CCO)Cc6ccccc6)OC(=O)C5=C4c4cc(O)ccc4-c4ccccc4)C32)CCN1. The van der Waals surface area contributed by atoms with E-state index in [0.717, 1.165) is 78.6 Å². The van der Waals surface area contributed by atoms with Crippen LogP contribution in [-0.4, -0.2) is 59.7 Å². The Morgan fingerprint density at radius 1 is 0.905 bits per heavy atom. The van der Waals surface area contributed by atoms with E-state index in [1.807, 2.05) is 42.5 Å². The van der Waals surface area contributed by atoms with Gasteiger partial charge in [-0.15, -0.1) is 0 Å². The van der Waals surface area contributed by atoms with Gasteiger partial charge in [0.2, 0.25) is 0 Å². The molecule has 2 saturated heterocycles. The number of fused-ring (bicyclic) bond motifs is 1. The standard InChI is InChI=1S/C54H64N2O7/c1-33(2)10-9-25-55-47-30-37(22-26-56-47)38(32-58)15-20-45-43-19-18-42-41-21-24-54(50(42)49(43)52(60)62-45)46(29-35(23-27-57)28-34-11-5-3-6-12-34)63-53(61)51(54)48(41)44-31-39(59)16-17-40(44)36-13-7-4-8-14-36/h3-8,11-14,16-17,20,29,31,33,35,37-38,41-42,47,50,55-59H,9-10,15,18-19,21-28,30,32H2,1-2H3. The second kappa shape index (κ2) is 18.7. The summed E-state index contributed by atoms with van der Waals surface area (Å²) in [5.41, 5.74) is 6.03. The highest BCUT2D eigenvalue weighted by Crippen LogP contribution is 2.72. The minimum Gasteiger partial charge on any atom is -0.508 e. The Balaban J connectivity index is 1.11. The van der Waals surface area contributed by atoms with Crippen LogP contribution in [0.1, 0.15) is 89.2 Å². The summed E-state index contributed by atoms with van der Waals surface area (Å²) in [4.78, 5) is 29.3. The van der Waals surface area contributed by atoms with Crippen LogP contribution in [0.2, 0.25) is 0 Å². The summed E-state index contributed by atoms with van der Waals surface area (Å²) in [6.07, 6.45) is 13.2. The van der Waals surface area contributed by atoms with Crippen molar-refractivity contribution in [1.82, 2.24) is 10.6 Å². The number of piperidine rings is 1. The molecule has 10 rings (SSSR count). The molecule has 3 fully saturated rings. The Hall–Kier alpha value is -4.80. The fourth-order valence-corrected chi connectivity index (χ4v) is 12.4. The van der Waals surface area contributed by atoms with Gasteiger partial charge >= 0.3 is 11.9 Å². The number of hydrogen-bond donors (Lipinski definition) is 5. The van der Waals surface area contributed by atoms with E-state index in [-0.39, 0.29) is 60.7 Å². The molecule has 0 amide bonds. The minimum atomic E-state index is -0.939. The highest BCUT2D eigenvalue weighted by Gasteiger charge is 2.68. The second-order valence-corrected chi connectivity index (χ2v) is 19.4. The number of ether oxygens (including phenoxy) is 2. The Morgan fingerprint density at radius 2 is 1.70 bits per heavy atom.